The molecule has 0 spiro atoms. The first-order valence-corrected chi connectivity index (χ1v) is 10.9. The summed E-state index contributed by atoms with van der Waals surface area (Å²) < 4.78 is 0. The number of aromatic nitrogens is 3. The van der Waals surface area contributed by atoms with Crippen LogP contribution in [0.5, 0.6) is 0 Å². The maximum atomic E-state index is 12.3. The van der Waals surface area contributed by atoms with Crippen LogP contribution in [0.4, 0.5) is 0 Å². The number of carbonyl (C=O) groups excluding carboxylic acids is 1. The summed E-state index contributed by atoms with van der Waals surface area (Å²) in [4.78, 5) is 19.1. The largest absolute Gasteiger partial charge is 0.351 e. The van der Waals surface area contributed by atoms with E-state index in [0.29, 0.717) is 21.8 Å². The highest BCUT2D eigenvalue weighted by Crippen LogP contribution is 2.21. The molecule has 4 rings (SSSR count). The first-order valence-electron chi connectivity index (χ1n) is 9.52. The number of rotatable bonds is 7. The fourth-order valence-corrected chi connectivity index (χ4v) is 4.12. The summed E-state index contributed by atoms with van der Waals surface area (Å²) in [5.41, 5.74) is 2.21. The monoisotopic (exact) mass is 427 g/mol. The van der Waals surface area contributed by atoms with Crippen LogP contribution in [0.3, 0.4) is 0 Å². The number of nitrogens with one attached hydrogen (secondary N) is 2. The van der Waals surface area contributed by atoms with E-state index in [1.165, 1.54) is 17.3 Å². The summed E-state index contributed by atoms with van der Waals surface area (Å²) >= 11 is 7.24. The highest BCUT2D eigenvalue weighted by Gasteiger charge is 2.24. The number of thioether (sulfide) groups is 1. The summed E-state index contributed by atoms with van der Waals surface area (Å²) in [6.45, 7) is 2.80. The van der Waals surface area contributed by atoms with Crippen molar-refractivity contribution in [3.05, 3.63) is 65.2 Å². The standard InChI is InChI=1S/C21H22ClN5OS/c22-17-8-6-16(7-9-17)20-24-21(26-25-20)29-14-19(28)23-18-10-11-27(13-18)12-15-4-2-1-3-5-15/h1-9,18H,10-14H2,(H,23,28)(H,24,25,26)/t18-/m1/s1. The van der Waals surface area contributed by atoms with E-state index in [4.69, 9.17) is 11.6 Å². The SMILES string of the molecule is O=C(CSc1n[nH]c(-c2ccc(Cl)cc2)n1)N[C@@H]1CCN(Cc2ccccc2)C1. The summed E-state index contributed by atoms with van der Waals surface area (Å²) in [6, 6.07) is 18.0. The number of benzene rings is 2. The molecule has 0 bridgehead atoms. The van der Waals surface area contributed by atoms with Gasteiger partial charge in [-0.15, -0.1) is 5.10 Å². The lowest BCUT2D eigenvalue weighted by Gasteiger charge is -2.16. The van der Waals surface area contributed by atoms with Gasteiger partial charge in [0, 0.05) is 36.3 Å². The Hall–Kier alpha value is -2.35. The van der Waals surface area contributed by atoms with Crippen molar-refractivity contribution in [2.75, 3.05) is 18.8 Å². The zero-order valence-corrected chi connectivity index (χ0v) is 17.4. The normalized spacial score (nSPS) is 16.8. The van der Waals surface area contributed by atoms with Gasteiger partial charge in [-0.05, 0) is 36.2 Å². The van der Waals surface area contributed by atoms with Crippen molar-refractivity contribution >= 4 is 29.3 Å². The first-order chi connectivity index (χ1) is 14.2. The lowest BCUT2D eigenvalue weighted by Crippen LogP contribution is -2.38. The van der Waals surface area contributed by atoms with E-state index in [0.717, 1.165) is 31.6 Å². The minimum absolute atomic E-state index is 0.0133. The van der Waals surface area contributed by atoms with Gasteiger partial charge in [-0.2, -0.15) is 0 Å². The molecule has 0 saturated carbocycles. The number of carbonyl (C=O) groups is 1. The molecule has 1 aliphatic rings. The predicted octanol–water partition coefficient (Wildman–Crippen LogP) is 3.61. The van der Waals surface area contributed by atoms with Crippen molar-refractivity contribution in [2.24, 2.45) is 0 Å². The molecule has 1 fully saturated rings. The molecule has 3 aromatic rings. The molecule has 1 aliphatic heterocycles. The molecule has 2 heterocycles. The van der Waals surface area contributed by atoms with Crippen LogP contribution in [0, 0.1) is 0 Å². The zero-order valence-electron chi connectivity index (χ0n) is 15.8. The van der Waals surface area contributed by atoms with E-state index in [1.807, 2.05) is 30.3 Å². The summed E-state index contributed by atoms with van der Waals surface area (Å²) in [5.74, 6) is 0.976. The molecule has 29 heavy (non-hydrogen) atoms. The molecule has 0 unspecified atom stereocenters. The number of likely N-dealkylation sites (tertiary alicyclic amines) is 1. The minimum Gasteiger partial charge on any atom is -0.351 e. The van der Waals surface area contributed by atoms with Crippen LogP contribution in [-0.4, -0.2) is 50.9 Å². The maximum absolute atomic E-state index is 12.3. The highest BCUT2D eigenvalue weighted by atomic mass is 35.5. The summed E-state index contributed by atoms with van der Waals surface area (Å²) in [5, 5.41) is 11.4. The zero-order chi connectivity index (χ0) is 20.1. The van der Waals surface area contributed by atoms with Gasteiger partial charge in [0.2, 0.25) is 11.1 Å². The van der Waals surface area contributed by atoms with E-state index in [1.54, 1.807) is 0 Å². The molecule has 8 heteroatoms. The fourth-order valence-electron chi connectivity index (χ4n) is 3.38. The predicted molar refractivity (Wildman–Crippen MR) is 116 cm³/mol. The second kappa shape index (κ2) is 9.43. The molecule has 2 N–H and O–H groups in total. The van der Waals surface area contributed by atoms with Gasteiger partial charge in [0.15, 0.2) is 5.82 Å². The Kier molecular flexibility index (Phi) is 6.49. The van der Waals surface area contributed by atoms with Crippen molar-refractivity contribution in [2.45, 2.75) is 24.2 Å². The lowest BCUT2D eigenvalue weighted by molar-refractivity contribution is -0.119. The average Bonchev–Trinajstić information content (AvgIpc) is 3.37. The van der Waals surface area contributed by atoms with Gasteiger partial charge in [-0.3, -0.25) is 14.8 Å². The molecule has 1 saturated heterocycles. The van der Waals surface area contributed by atoms with Crippen molar-refractivity contribution in [1.82, 2.24) is 25.4 Å². The van der Waals surface area contributed by atoms with Crippen molar-refractivity contribution < 1.29 is 4.79 Å². The molecule has 150 valence electrons. The second-order valence-electron chi connectivity index (χ2n) is 7.04. The quantitative estimate of drug-likeness (QED) is 0.563. The Labute approximate surface area is 179 Å². The highest BCUT2D eigenvalue weighted by molar-refractivity contribution is 7.99. The lowest BCUT2D eigenvalue weighted by atomic mass is 10.2. The van der Waals surface area contributed by atoms with Gasteiger partial charge in [0.25, 0.3) is 0 Å². The third kappa shape index (κ3) is 5.59. The molecule has 1 aromatic heterocycles. The Morgan fingerprint density at radius 1 is 1.21 bits per heavy atom. The van der Waals surface area contributed by atoms with Crippen molar-refractivity contribution in [3.63, 3.8) is 0 Å². The van der Waals surface area contributed by atoms with E-state index >= 15 is 0 Å². The molecule has 0 radical (unpaired) electrons. The second-order valence-corrected chi connectivity index (χ2v) is 8.41. The Morgan fingerprint density at radius 2 is 2.00 bits per heavy atom. The minimum atomic E-state index is 0.0133. The molecule has 1 amide bonds. The summed E-state index contributed by atoms with van der Waals surface area (Å²) in [6.07, 6.45) is 0.977. The van der Waals surface area contributed by atoms with Gasteiger partial charge in [0.1, 0.15) is 0 Å². The van der Waals surface area contributed by atoms with E-state index < -0.39 is 0 Å². The van der Waals surface area contributed by atoms with Crippen LogP contribution >= 0.6 is 23.4 Å². The van der Waals surface area contributed by atoms with E-state index in [-0.39, 0.29) is 11.9 Å². The Balaban J connectivity index is 1.22. The molecular weight excluding hydrogens is 406 g/mol. The summed E-state index contributed by atoms with van der Waals surface area (Å²) in [7, 11) is 0. The van der Waals surface area contributed by atoms with Crippen molar-refractivity contribution in [1.29, 1.82) is 0 Å². The number of hydrogen-bond acceptors (Lipinski definition) is 5. The number of hydrogen-bond donors (Lipinski definition) is 2. The number of nitrogens with zero attached hydrogens (tertiary/aromatic N) is 3. The van der Waals surface area contributed by atoms with Crippen LogP contribution in [0.15, 0.2) is 59.8 Å². The number of aromatic amines is 1. The smallest absolute Gasteiger partial charge is 0.230 e. The topological polar surface area (TPSA) is 73.9 Å². The van der Waals surface area contributed by atoms with Gasteiger partial charge in [-0.25, -0.2) is 4.98 Å². The third-order valence-electron chi connectivity index (χ3n) is 4.80. The first kappa shape index (κ1) is 19.9. The van der Waals surface area contributed by atoms with E-state index in [9.17, 15) is 4.79 Å². The van der Waals surface area contributed by atoms with E-state index in [2.05, 4.69) is 49.7 Å². The van der Waals surface area contributed by atoms with Gasteiger partial charge in [0.05, 0.1) is 5.75 Å². The van der Waals surface area contributed by atoms with Crippen LogP contribution in [0.25, 0.3) is 11.4 Å². The fraction of sp³-hybridized carbons (Fsp3) is 0.286. The van der Waals surface area contributed by atoms with Crippen molar-refractivity contribution in [3.8, 4) is 11.4 Å². The molecular formula is C21H22ClN5OS. The number of halogens is 1. The molecule has 2 aromatic carbocycles. The Bertz CT molecular complexity index is 947. The maximum Gasteiger partial charge on any atom is 0.230 e. The molecule has 0 aliphatic carbocycles. The van der Waals surface area contributed by atoms with Gasteiger partial charge in [-0.1, -0.05) is 53.7 Å². The van der Waals surface area contributed by atoms with Gasteiger partial charge < -0.3 is 5.32 Å². The van der Waals surface area contributed by atoms with Crippen LogP contribution in [0.1, 0.15) is 12.0 Å². The number of amides is 1. The Morgan fingerprint density at radius 3 is 2.79 bits per heavy atom. The number of H-pyrrole nitrogens is 1. The van der Waals surface area contributed by atoms with Crippen LogP contribution < -0.4 is 5.32 Å². The molecule has 1 atom stereocenters. The van der Waals surface area contributed by atoms with Crippen LogP contribution in [-0.2, 0) is 11.3 Å². The van der Waals surface area contributed by atoms with Crippen LogP contribution in [0.2, 0.25) is 5.02 Å². The van der Waals surface area contributed by atoms with Gasteiger partial charge >= 0.3 is 0 Å². The molecule has 6 nitrogen and oxygen atoms in total. The third-order valence-corrected chi connectivity index (χ3v) is 5.90. The average molecular weight is 428 g/mol.